The van der Waals surface area contributed by atoms with E-state index >= 15 is 0 Å². The minimum Gasteiger partial charge on any atom is -0.458 e. The maximum absolute atomic E-state index is 13.7. The van der Waals surface area contributed by atoms with Crippen LogP contribution in [0.1, 0.15) is 59.3 Å². The van der Waals surface area contributed by atoms with Gasteiger partial charge in [-0.15, -0.1) is 0 Å². The van der Waals surface area contributed by atoms with E-state index in [1.54, 1.807) is 0 Å². The second-order valence-electron chi connectivity index (χ2n) is 10.1. The molecule has 0 saturated heterocycles. The Bertz CT molecular complexity index is 740. The second kappa shape index (κ2) is 6.91. The van der Waals surface area contributed by atoms with Crippen molar-refractivity contribution in [3.8, 4) is 0 Å². The van der Waals surface area contributed by atoms with Gasteiger partial charge in [0, 0.05) is 5.41 Å². The third kappa shape index (κ3) is 3.17. The fourth-order valence-electron chi connectivity index (χ4n) is 6.33. The van der Waals surface area contributed by atoms with Gasteiger partial charge in [0.2, 0.25) is 0 Å². The molecule has 3 atom stereocenters. The molecule has 4 aliphatic rings. The zero-order chi connectivity index (χ0) is 24.8. The minimum atomic E-state index is -6.00. The number of esters is 1. The molecule has 0 amide bonds. The highest BCUT2D eigenvalue weighted by molar-refractivity contribution is 5.78. The Balaban J connectivity index is 1.99. The van der Waals surface area contributed by atoms with Crippen molar-refractivity contribution in [3.05, 3.63) is 0 Å². The van der Waals surface area contributed by atoms with Crippen LogP contribution in [0.25, 0.3) is 0 Å². The fourth-order valence-corrected chi connectivity index (χ4v) is 6.33. The van der Waals surface area contributed by atoms with Crippen molar-refractivity contribution in [3.63, 3.8) is 0 Å². The van der Waals surface area contributed by atoms with Crippen LogP contribution in [0.3, 0.4) is 0 Å². The molecule has 4 fully saturated rings. The molecular weight excluding hydrogens is 459 g/mol. The molecule has 0 aromatic rings. The maximum atomic E-state index is 13.7. The molecule has 1 N–H and O–H groups in total. The highest BCUT2D eigenvalue weighted by Gasteiger charge is 2.82. The SMILES string of the molecule is CCC(C)(C(=O)OC1(C)C2CC3CC1CC(C(O)(C(F)(F)F)C(F)(F)F)(C3)C2)C(F)(F)F. The number of aliphatic hydroxyl groups is 1. The smallest absolute Gasteiger partial charge is 0.426 e. The first-order chi connectivity index (χ1) is 14.2. The number of alkyl halides is 9. The molecule has 0 aromatic carbocycles. The van der Waals surface area contributed by atoms with E-state index in [1.807, 2.05) is 0 Å². The van der Waals surface area contributed by atoms with Crippen LogP contribution in [0, 0.1) is 28.6 Å². The van der Waals surface area contributed by atoms with Crippen molar-refractivity contribution in [1.82, 2.24) is 0 Å². The normalized spacial score (nSPS) is 37.3. The van der Waals surface area contributed by atoms with Crippen molar-refractivity contribution < 1.29 is 54.2 Å². The summed E-state index contributed by atoms with van der Waals surface area (Å²) in [5.41, 5.74) is -12.1. The lowest BCUT2D eigenvalue weighted by Crippen LogP contribution is -2.74. The van der Waals surface area contributed by atoms with Gasteiger partial charge in [-0.25, -0.2) is 0 Å². The van der Waals surface area contributed by atoms with E-state index in [0.717, 1.165) is 6.92 Å². The number of carbonyl (C=O) groups is 1. The van der Waals surface area contributed by atoms with Crippen LogP contribution in [-0.2, 0) is 9.53 Å². The molecule has 3 unspecified atom stereocenters. The Morgan fingerprint density at radius 3 is 1.69 bits per heavy atom. The quantitative estimate of drug-likeness (QED) is 0.396. The zero-order valence-corrected chi connectivity index (χ0v) is 17.6. The molecule has 3 nitrogen and oxygen atoms in total. The van der Waals surface area contributed by atoms with E-state index in [1.165, 1.54) is 6.92 Å². The highest BCUT2D eigenvalue weighted by Crippen LogP contribution is 2.71. The summed E-state index contributed by atoms with van der Waals surface area (Å²) in [5.74, 6) is -4.26. The second-order valence-corrected chi connectivity index (χ2v) is 10.1. The van der Waals surface area contributed by atoms with Crippen LogP contribution in [0.5, 0.6) is 0 Å². The molecule has 0 spiro atoms. The number of ether oxygens (including phenoxy) is 1. The first-order valence-electron chi connectivity index (χ1n) is 10.3. The number of rotatable bonds is 4. The first kappa shape index (κ1) is 25.4. The minimum absolute atomic E-state index is 0.114. The van der Waals surface area contributed by atoms with Crippen molar-refractivity contribution in [2.75, 3.05) is 0 Å². The Kier molecular flexibility index (Phi) is 5.49. The van der Waals surface area contributed by atoms with Gasteiger partial charge in [0.1, 0.15) is 5.60 Å². The molecule has 186 valence electrons. The summed E-state index contributed by atoms with van der Waals surface area (Å²) < 4.78 is 128. The number of hydrogen-bond acceptors (Lipinski definition) is 3. The Labute approximate surface area is 178 Å². The molecule has 32 heavy (non-hydrogen) atoms. The molecule has 4 bridgehead atoms. The average Bonchev–Trinajstić information content (AvgIpc) is 2.61. The first-order valence-corrected chi connectivity index (χ1v) is 10.3. The third-order valence-electron chi connectivity index (χ3n) is 8.49. The van der Waals surface area contributed by atoms with E-state index in [-0.39, 0.29) is 12.8 Å². The van der Waals surface area contributed by atoms with Gasteiger partial charge < -0.3 is 9.84 Å². The largest absolute Gasteiger partial charge is 0.458 e. The van der Waals surface area contributed by atoms with Crippen molar-refractivity contribution >= 4 is 5.97 Å². The van der Waals surface area contributed by atoms with Gasteiger partial charge in [-0.1, -0.05) is 6.92 Å². The van der Waals surface area contributed by atoms with Crippen LogP contribution in [0.2, 0.25) is 0 Å². The fraction of sp³-hybridized carbons (Fsp3) is 0.950. The predicted molar refractivity (Wildman–Crippen MR) is 92.0 cm³/mol. The third-order valence-corrected chi connectivity index (χ3v) is 8.49. The Morgan fingerprint density at radius 1 is 0.906 bits per heavy atom. The van der Waals surface area contributed by atoms with Gasteiger partial charge in [-0.05, 0) is 70.1 Å². The van der Waals surface area contributed by atoms with E-state index in [9.17, 15) is 49.4 Å². The van der Waals surface area contributed by atoms with Crippen LogP contribution in [0.4, 0.5) is 39.5 Å². The molecule has 0 aliphatic heterocycles. The number of hydrogen-bond donors (Lipinski definition) is 1. The summed E-state index contributed by atoms with van der Waals surface area (Å²) >= 11 is 0. The lowest BCUT2D eigenvalue weighted by Gasteiger charge is -2.66. The Morgan fingerprint density at radius 2 is 1.34 bits per heavy atom. The summed E-state index contributed by atoms with van der Waals surface area (Å²) in [6.45, 7) is 3.08. The summed E-state index contributed by atoms with van der Waals surface area (Å²) in [7, 11) is 0. The van der Waals surface area contributed by atoms with Crippen molar-refractivity contribution in [2.24, 2.45) is 28.6 Å². The van der Waals surface area contributed by atoms with Gasteiger partial charge >= 0.3 is 24.5 Å². The zero-order valence-electron chi connectivity index (χ0n) is 17.6. The van der Waals surface area contributed by atoms with E-state index in [0.29, 0.717) is 6.92 Å². The maximum Gasteiger partial charge on any atom is 0.426 e. The monoisotopic (exact) mass is 484 g/mol. The van der Waals surface area contributed by atoms with Gasteiger partial charge in [0.05, 0.1) is 0 Å². The number of halogens is 9. The summed E-state index contributed by atoms with van der Waals surface area (Å²) in [6.07, 6.45) is -19.4. The lowest BCUT2D eigenvalue weighted by atomic mass is 9.41. The summed E-state index contributed by atoms with van der Waals surface area (Å²) in [6, 6.07) is 0. The Hall–Kier alpha value is -1.20. The highest BCUT2D eigenvalue weighted by atomic mass is 19.4. The predicted octanol–water partition coefficient (Wildman–Crippen LogP) is 5.95. The van der Waals surface area contributed by atoms with Gasteiger partial charge in [-0.2, -0.15) is 39.5 Å². The molecule has 12 heteroatoms. The van der Waals surface area contributed by atoms with Gasteiger partial charge in [-0.3, -0.25) is 4.79 Å². The standard InChI is InChI=1S/C20H25F9O3/c1-4-14(2,18(21,22)23)13(30)32-15(3)11-5-10-6-12(15)9-16(7-10,8-11)17(31,19(24,25)26)20(27,28)29/h10-12,31H,4-9H2,1-3H3. The van der Waals surface area contributed by atoms with E-state index in [2.05, 4.69) is 0 Å². The van der Waals surface area contributed by atoms with Gasteiger partial charge in [0.25, 0.3) is 5.60 Å². The van der Waals surface area contributed by atoms with Gasteiger partial charge in [0.15, 0.2) is 5.41 Å². The van der Waals surface area contributed by atoms with Crippen LogP contribution in [0.15, 0.2) is 0 Å². The van der Waals surface area contributed by atoms with Crippen LogP contribution >= 0.6 is 0 Å². The summed E-state index contributed by atoms with van der Waals surface area (Å²) in [5, 5.41) is 10.2. The molecule has 0 aromatic heterocycles. The van der Waals surface area contributed by atoms with Crippen molar-refractivity contribution in [1.29, 1.82) is 0 Å². The molecule has 0 heterocycles. The summed E-state index contributed by atoms with van der Waals surface area (Å²) in [4.78, 5) is 12.6. The molecule has 4 rings (SSSR count). The molecule has 4 aliphatic carbocycles. The number of carbonyl (C=O) groups excluding carboxylic acids is 1. The lowest BCUT2D eigenvalue weighted by molar-refractivity contribution is -0.423. The molecule has 0 radical (unpaired) electrons. The van der Waals surface area contributed by atoms with Crippen LogP contribution < -0.4 is 0 Å². The topological polar surface area (TPSA) is 46.5 Å². The van der Waals surface area contributed by atoms with Crippen molar-refractivity contribution in [2.45, 2.75) is 89.0 Å². The molecular formula is C20H25F9O3. The average molecular weight is 484 g/mol. The van der Waals surface area contributed by atoms with Crippen LogP contribution in [-0.4, -0.2) is 40.8 Å². The molecule has 4 saturated carbocycles. The van der Waals surface area contributed by atoms with E-state index in [4.69, 9.17) is 4.74 Å². The van der Waals surface area contributed by atoms with E-state index < -0.39 is 90.0 Å².